The molecule has 6 heteroatoms. The van der Waals surface area contributed by atoms with Gasteiger partial charge in [0.2, 0.25) is 0 Å². The van der Waals surface area contributed by atoms with Gasteiger partial charge in [0.05, 0.1) is 7.11 Å². The van der Waals surface area contributed by atoms with Crippen LogP contribution in [0.3, 0.4) is 0 Å². The van der Waals surface area contributed by atoms with E-state index < -0.39 is 14.6 Å². The molecule has 5 nitrogen and oxygen atoms in total. The Morgan fingerprint density at radius 2 is 1.70 bits per heavy atom. The van der Waals surface area contributed by atoms with Gasteiger partial charge in [0.25, 0.3) is 0 Å². The second kappa shape index (κ2) is 7.27. The van der Waals surface area contributed by atoms with Crippen LogP contribution in [0.5, 0.6) is 0 Å². The van der Waals surface area contributed by atoms with E-state index in [1.54, 1.807) is 0 Å². The van der Waals surface area contributed by atoms with Crippen molar-refractivity contribution in [1.29, 1.82) is 0 Å². The Bertz CT molecular complexity index is 524. The zero-order valence-corrected chi connectivity index (χ0v) is 14.9. The number of likely N-dealkylation sites (N-methyl/N-ethyl adjacent to an activating group) is 2. The first-order chi connectivity index (χ1) is 11.1. The van der Waals surface area contributed by atoms with Crippen LogP contribution < -0.4 is 0 Å². The average molecular weight is 336 g/mol. The van der Waals surface area contributed by atoms with Crippen molar-refractivity contribution in [1.82, 2.24) is 9.34 Å². The lowest BCUT2D eigenvalue weighted by Gasteiger charge is -2.28. The van der Waals surface area contributed by atoms with Crippen molar-refractivity contribution < 1.29 is 14.1 Å². The summed E-state index contributed by atoms with van der Waals surface area (Å²) in [4.78, 5) is 12.3. The maximum absolute atomic E-state index is 12.3. The molecule has 1 saturated heterocycles. The lowest BCUT2D eigenvalue weighted by Crippen LogP contribution is -2.37. The fraction of sp³-hybridized carbons (Fsp3) is 0.588. The molecule has 1 aromatic rings. The van der Waals surface area contributed by atoms with Crippen LogP contribution in [0, 0.1) is 0 Å². The predicted octanol–water partition coefficient (Wildman–Crippen LogP) is 3.33. The highest BCUT2D eigenvalue weighted by Crippen LogP contribution is 2.58. The summed E-state index contributed by atoms with van der Waals surface area (Å²) < 4.78 is 15.9. The van der Waals surface area contributed by atoms with Crippen LogP contribution in [0.1, 0.15) is 37.4 Å². The summed E-state index contributed by atoms with van der Waals surface area (Å²) in [5, 5.41) is 0. The first-order valence-corrected chi connectivity index (χ1v) is 9.35. The van der Waals surface area contributed by atoms with Crippen LogP contribution in [0.15, 0.2) is 30.3 Å². The van der Waals surface area contributed by atoms with Crippen LogP contribution in [0.25, 0.3) is 0 Å². The molecule has 1 aliphatic heterocycles. The van der Waals surface area contributed by atoms with Crippen LogP contribution in [0.4, 0.5) is 0 Å². The Morgan fingerprint density at radius 1 is 1.13 bits per heavy atom. The average Bonchev–Trinajstić information content (AvgIpc) is 2.84. The van der Waals surface area contributed by atoms with Crippen molar-refractivity contribution in [2.24, 2.45) is 0 Å². The lowest BCUT2D eigenvalue weighted by atomic mass is 9.91. The molecule has 3 atom stereocenters. The number of carbonyl (C=O) groups is 1. The van der Waals surface area contributed by atoms with Crippen molar-refractivity contribution in [3.8, 4) is 0 Å². The maximum atomic E-state index is 12.3. The van der Waals surface area contributed by atoms with Crippen LogP contribution in [-0.2, 0) is 14.1 Å². The fourth-order valence-electron chi connectivity index (χ4n) is 3.66. The third-order valence-electron chi connectivity index (χ3n) is 4.91. The highest BCUT2D eigenvalue weighted by molar-refractivity contribution is 7.47. The number of nitrogens with zero attached hydrogens (tertiary/aromatic N) is 2. The minimum absolute atomic E-state index is 0.338. The normalized spacial score (nSPS) is 27.6. The summed E-state index contributed by atoms with van der Waals surface area (Å²) >= 11 is 0. The number of hydrogen-bond acceptors (Lipinski definition) is 5. The summed E-state index contributed by atoms with van der Waals surface area (Å²) in [7, 11) is 4.71. The van der Waals surface area contributed by atoms with Gasteiger partial charge >= 0.3 is 5.97 Å². The molecule has 1 heterocycles. The molecule has 1 aliphatic carbocycles. The number of rotatable bonds is 4. The lowest BCUT2D eigenvalue weighted by molar-refractivity contribution is -0.149. The summed E-state index contributed by atoms with van der Waals surface area (Å²) in [6, 6.07) is 10.7. The zero-order chi connectivity index (χ0) is 16.4. The third-order valence-corrected chi connectivity index (χ3v) is 6.98. The topological polar surface area (TPSA) is 42.0 Å². The maximum Gasteiger partial charge on any atom is 0.340 e. The van der Waals surface area contributed by atoms with Gasteiger partial charge in [-0.15, -0.1) is 0 Å². The Balaban J connectivity index is 1.81. The minimum Gasteiger partial charge on any atom is -0.467 e. The Morgan fingerprint density at radius 3 is 2.22 bits per heavy atom. The zero-order valence-electron chi connectivity index (χ0n) is 14.0. The molecular formula is C17H25N2O3P. The molecule has 126 valence electrons. The molecule has 0 unspecified atom stereocenters. The van der Waals surface area contributed by atoms with E-state index in [1.807, 2.05) is 30.3 Å². The quantitative estimate of drug-likeness (QED) is 0.623. The summed E-state index contributed by atoms with van der Waals surface area (Å²) in [6.07, 6.45) is 4.31. The molecule has 3 rings (SSSR count). The van der Waals surface area contributed by atoms with E-state index >= 15 is 0 Å². The molecule has 0 N–H and O–H groups in total. The van der Waals surface area contributed by atoms with Gasteiger partial charge < -0.3 is 9.26 Å². The molecule has 0 spiro atoms. The number of esters is 1. The van der Waals surface area contributed by atoms with Crippen LogP contribution in [-0.4, -0.2) is 48.6 Å². The molecule has 0 radical (unpaired) electrons. The Hall–Kier alpha value is -1.00. The molecule has 2 fully saturated rings. The van der Waals surface area contributed by atoms with E-state index in [1.165, 1.54) is 32.8 Å². The summed E-state index contributed by atoms with van der Waals surface area (Å²) in [5.74, 6) is -0.338. The highest BCUT2D eigenvalue weighted by Gasteiger charge is 2.47. The second-order valence-corrected chi connectivity index (χ2v) is 8.22. The van der Waals surface area contributed by atoms with Crippen LogP contribution in [0.2, 0.25) is 0 Å². The van der Waals surface area contributed by atoms with Crippen LogP contribution >= 0.6 is 8.45 Å². The highest BCUT2D eigenvalue weighted by atomic mass is 31.2. The number of methoxy groups -OCH3 is 1. The number of benzene rings is 1. The smallest absolute Gasteiger partial charge is 0.340 e. The predicted molar refractivity (Wildman–Crippen MR) is 90.8 cm³/mol. The fourth-order valence-corrected chi connectivity index (χ4v) is 5.84. The van der Waals surface area contributed by atoms with Crippen molar-refractivity contribution in [3.63, 3.8) is 0 Å². The van der Waals surface area contributed by atoms with Crippen molar-refractivity contribution in [3.05, 3.63) is 35.9 Å². The summed E-state index contributed by atoms with van der Waals surface area (Å²) in [6.45, 7) is 0. The molecular weight excluding hydrogens is 311 g/mol. The Labute approximate surface area is 139 Å². The Kier molecular flexibility index (Phi) is 5.32. The molecule has 1 saturated carbocycles. The van der Waals surface area contributed by atoms with Crippen molar-refractivity contribution in [2.75, 3.05) is 21.2 Å². The SMILES string of the molecule is COC(=O)[C@H](OP1N(C)[C@@H]2CCCC[C@H]2N1C)c1ccccc1. The largest absolute Gasteiger partial charge is 0.467 e. The van der Waals surface area contributed by atoms with E-state index in [2.05, 4.69) is 23.4 Å². The molecule has 0 bridgehead atoms. The standard InChI is InChI=1S/C17H25N2O3P/c1-18-14-11-7-8-12-15(14)19(2)23(18)22-16(17(20)21-3)13-9-5-4-6-10-13/h4-6,9-10,14-16H,7-8,11-12H2,1-3H3/t14-,15-,16-/m1/s1. The second-order valence-electron chi connectivity index (χ2n) is 6.24. The molecule has 0 amide bonds. The number of fused-ring (bicyclic) bond motifs is 1. The van der Waals surface area contributed by atoms with Gasteiger partial charge in [-0.05, 0) is 32.5 Å². The van der Waals surface area contributed by atoms with Crippen molar-refractivity contribution in [2.45, 2.75) is 43.9 Å². The van der Waals surface area contributed by atoms with Crippen molar-refractivity contribution >= 4 is 14.4 Å². The van der Waals surface area contributed by atoms with Gasteiger partial charge in [0.15, 0.2) is 14.6 Å². The third kappa shape index (κ3) is 3.29. The van der Waals surface area contributed by atoms with E-state index in [4.69, 9.17) is 9.26 Å². The first kappa shape index (κ1) is 16.8. The molecule has 2 aliphatic rings. The van der Waals surface area contributed by atoms with Gasteiger partial charge in [0.1, 0.15) is 0 Å². The van der Waals surface area contributed by atoms with Gasteiger partial charge in [-0.25, -0.2) is 14.1 Å². The molecule has 0 aromatic heterocycles. The van der Waals surface area contributed by atoms with E-state index in [9.17, 15) is 4.79 Å². The van der Waals surface area contributed by atoms with Gasteiger partial charge in [-0.3, -0.25) is 0 Å². The number of carbonyl (C=O) groups excluding carboxylic acids is 1. The van der Waals surface area contributed by atoms with Gasteiger partial charge in [0, 0.05) is 12.1 Å². The monoisotopic (exact) mass is 336 g/mol. The number of hydrogen-bond donors (Lipinski definition) is 0. The van der Waals surface area contributed by atoms with E-state index in [0.717, 1.165) is 5.56 Å². The minimum atomic E-state index is -0.953. The van der Waals surface area contributed by atoms with E-state index in [0.29, 0.717) is 12.1 Å². The van der Waals surface area contributed by atoms with Gasteiger partial charge in [-0.2, -0.15) is 0 Å². The van der Waals surface area contributed by atoms with Gasteiger partial charge in [-0.1, -0.05) is 43.2 Å². The van der Waals surface area contributed by atoms with E-state index in [-0.39, 0.29) is 5.97 Å². The molecule has 23 heavy (non-hydrogen) atoms. The summed E-state index contributed by atoms with van der Waals surface area (Å²) in [5.41, 5.74) is 0.846. The molecule has 1 aromatic carbocycles. The first-order valence-electron chi connectivity index (χ1n) is 8.18. The number of ether oxygens (including phenoxy) is 1.